The summed E-state index contributed by atoms with van der Waals surface area (Å²) in [6, 6.07) is 5.51. The zero-order chi connectivity index (χ0) is 19.6. The number of hydrogen-bond donors (Lipinski definition) is 0. The van der Waals surface area contributed by atoms with Gasteiger partial charge in [-0.1, -0.05) is 25.1 Å². The van der Waals surface area contributed by atoms with Gasteiger partial charge in [-0.15, -0.1) is 0 Å². The standard InChI is InChI=1S/C21H29FN2O3/c1-4-11-24(13-14-9-10-14)20(25)16-12-18(21(26)27-3)23(2)19(16)15-7-5-6-8-17(15)22/h5-8,14,16,18-19H,4,9-13H2,1-3H3/t16-,18-,19-/m0/s1. The fourth-order valence-electron chi connectivity index (χ4n) is 4.21. The summed E-state index contributed by atoms with van der Waals surface area (Å²) >= 11 is 0. The quantitative estimate of drug-likeness (QED) is 0.687. The van der Waals surface area contributed by atoms with E-state index < -0.39 is 18.0 Å². The zero-order valence-corrected chi connectivity index (χ0v) is 16.4. The molecular formula is C21H29FN2O3. The molecule has 1 aromatic carbocycles. The van der Waals surface area contributed by atoms with Crippen LogP contribution in [0.2, 0.25) is 0 Å². The van der Waals surface area contributed by atoms with Crippen molar-refractivity contribution in [3.63, 3.8) is 0 Å². The topological polar surface area (TPSA) is 49.9 Å². The largest absolute Gasteiger partial charge is 0.468 e. The maximum atomic E-state index is 14.6. The van der Waals surface area contributed by atoms with E-state index in [9.17, 15) is 14.0 Å². The molecule has 0 unspecified atom stereocenters. The van der Waals surface area contributed by atoms with Crippen LogP contribution in [0.4, 0.5) is 4.39 Å². The van der Waals surface area contributed by atoms with Gasteiger partial charge in [-0.2, -0.15) is 0 Å². The third-order valence-electron chi connectivity index (χ3n) is 5.78. The van der Waals surface area contributed by atoms with E-state index in [-0.39, 0.29) is 17.7 Å². The number of rotatable bonds is 7. The molecule has 3 atom stereocenters. The lowest BCUT2D eigenvalue weighted by atomic mass is 9.91. The van der Waals surface area contributed by atoms with Gasteiger partial charge in [-0.3, -0.25) is 14.5 Å². The lowest BCUT2D eigenvalue weighted by molar-refractivity contribution is -0.145. The first-order valence-corrected chi connectivity index (χ1v) is 9.80. The number of likely N-dealkylation sites (N-methyl/N-ethyl adjacent to an activating group) is 1. The number of ether oxygens (including phenoxy) is 1. The van der Waals surface area contributed by atoms with Crippen LogP contribution in [-0.4, -0.2) is 55.0 Å². The van der Waals surface area contributed by atoms with Gasteiger partial charge in [0.05, 0.1) is 13.0 Å². The van der Waals surface area contributed by atoms with E-state index in [0.717, 1.165) is 13.0 Å². The number of carbonyl (C=O) groups is 2. The average molecular weight is 376 g/mol. The molecule has 6 heteroatoms. The fourth-order valence-corrected chi connectivity index (χ4v) is 4.21. The number of amides is 1. The summed E-state index contributed by atoms with van der Waals surface area (Å²) < 4.78 is 19.5. The van der Waals surface area contributed by atoms with Crippen LogP contribution >= 0.6 is 0 Å². The van der Waals surface area contributed by atoms with Gasteiger partial charge in [0.1, 0.15) is 11.9 Å². The number of halogens is 1. The smallest absolute Gasteiger partial charge is 0.323 e. The van der Waals surface area contributed by atoms with Crippen LogP contribution in [0.25, 0.3) is 0 Å². The zero-order valence-electron chi connectivity index (χ0n) is 16.4. The normalized spacial score (nSPS) is 25.4. The Hall–Kier alpha value is -1.95. The van der Waals surface area contributed by atoms with E-state index in [4.69, 9.17) is 4.74 Å². The van der Waals surface area contributed by atoms with Gasteiger partial charge in [-0.25, -0.2) is 4.39 Å². The van der Waals surface area contributed by atoms with Gasteiger partial charge in [0.2, 0.25) is 5.91 Å². The summed E-state index contributed by atoms with van der Waals surface area (Å²) in [5, 5.41) is 0. The molecule has 27 heavy (non-hydrogen) atoms. The number of likely N-dealkylation sites (tertiary alicyclic amines) is 1. The Morgan fingerprint density at radius 3 is 2.59 bits per heavy atom. The molecule has 2 fully saturated rings. The molecule has 1 saturated carbocycles. The first kappa shape index (κ1) is 19.8. The summed E-state index contributed by atoms with van der Waals surface area (Å²) in [5.74, 6) is -0.570. The van der Waals surface area contributed by atoms with Gasteiger partial charge in [0, 0.05) is 24.7 Å². The van der Waals surface area contributed by atoms with Crippen LogP contribution in [0.5, 0.6) is 0 Å². The summed E-state index contributed by atoms with van der Waals surface area (Å²) in [7, 11) is 3.12. The third kappa shape index (κ3) is 4.15. The Morgan fingerprint density at radius 2 is 2.00 bits per heavy atom. The molecule has 148 valence electrons. The minimum absolute atomic E-state index is 0.0234. The lowest BCUT2D eigenvalue weighted by Crippen LogP contribution is -2.40. The number of carbonyl (C=O) groups excluding carboxylic acids is 2. The summed E-state index contributed by atoms with van der Waals surface area (Å²) in [5.41, 5.74) is 0.465. The van der Waals surface area contributed by atoms with Crippen molar-refractivity contribution in [2.24, 2.45) is 11.8 Å². The van der Waals surface area contributed by atoms with E-state index in [0.29, 0.717) is 24.4 Å². The second-order valence-corrected chi connectivity index (χ2v) is 7.74. The molecule has 2 aliphatic rings. The summed E-state index contributed by atoms with van der Waals surface area (Å²) in [4.78, 5) is 29.4. The Balaban J connectivity index is 1.92. The molecule has 0 spiro atoms. The highest BCUT2D eigenvalue weighted by Gasteiger charge is 2.49. The second-order valence-electron chi connectivity index (χ2n) is 7.74. The second kappa shape index (κ2) is 8.38. The maximum Gasteiger partial charge on any atom is 0.323 e. The summed E-state index contributed by atoms with van der Waals surface area (Å²) in [6.07, 6.45) is 3.57. The van der Waals surface area contributed by atoms with Crippen LogP contribution in [0.1, 0.15) is 44.2 Å². The molecular weight excluding hydrogens is 347 g/mol. The number of hydrogen-bond acceptors (Lipinski definition) is 4. The molecule has 1 aromatic rings. The van der Waals surface area contributed by atoms with Crippen molar-refractivity contribution in [2.45, 2.75) is 44.7 Å². The van der Waals surface area contributed by atoms with Crippen molar-refractivity contribution in [3.05, 3.63) is 35.6 Å². The Kier molecular flexibility index (Phi) is 6.15. The molecule has 0 aromatic heterocycles. The molecule has 1 aliphatic carbocycles. The SMILES string of the molecule is CCCN(CC1CC1)C(=O)[C@H]1C[C@@H](C(=O)OC)N(C)[C@H]1c1ccccc1F. The van der Waals surface area contributed by atoms with Crippen molar-refractivity contribution in [3.8, 4) is 0 Å². The van der Waals surface area contributed by atoms with Crippen molar-refractivity contribution in [1.29, 1.82) is 0 Å². The van der Waals surface area contributed by atoms with Gasteiger partial charge < -0.3 is 9.64 Å². The fraction of sp³-hybridized carbons (Fsp3) is 0.619. The highest BCUT2D eigenvalue weighted by molar-refractivity contribution is 5.83. The number of nitrogens with zero attached hydrogens (tertiary/aromatic N) is 2. The van der Waals surface area contributed by atoms with E-state index in [1.54, 1.807) is 30.1 Å². The maximum absolute atomic E-state index is 14.6. The third-order valence-corrected chi connectivity index (χ3v) is 5.78. The van der Waals surface area contributed by atoms with E-state index in [1.807, 2.05) is 4.90 Å². The number of esters is 1. The molecule has 0 bridgehead atoms. The lowest BCUT2D eigenvalue weighted by Gasteiger charge is -2.30. The average Bonchev–Trinajstić information content (AvgIpc) is 3.42. The van der Waals surface area contributed by atoms with E-state index in [1.165, 1.54) is 26.0 Å². The Labute approximate surface area is 160 Å². The molecule has 3 rings (SSSR count). The van der Waals surface area contributed by atoms with Crippen LogP contribution < -0.4 is 0 Å². The van der Waals surface area contributed by atoms with Gasteiger partial charge in [0.25, 0.3) is 0 Å². The van der Waals surface area contributed by atoms with Crippen LogP contribution in [-0.2, 0) is 14.3 Å². The highest BCUT2D eigenvalue weighted by Crippen LogP contribution is 2.42. The van der Waals surface area contributed by atoms with Crippen molar-refractivity contribution in [1.82, 2.24) is 9.80 Å². The van der Waals surface area contributed by atoms with Gasteiger partial charge >= 0.3 is 5.97 Å². The molecule has 0 radical (unpaired) electrons. The predicted molar refractivity (Wildman–Crippen MR) is 100 cm³/mol. The van der Waals surface area contributed by atoms with Crippen LogP contribution in [0.15, 0.2) is 24.3 Å². The van der Waals surface area contributed by atoms with Crippen molar-refractivity contribution < 1.29 is 18.7 Å². The van der Waals surface area contributed by atoms with Crippen molar-refractivity contribution in [2.75, 3.05) is 27.2 Å². The van der Waals surface area contributed by atoms with Crippen molar-refractivity contribution >= 4 is 11.9 Å². The predicted octanol–water partition coefficient (Wildman–Crippen LogP) is 3.01. The van der Waals surface area contributed by atoms with E-state index in [2.05, 4.69) is 6.92 Å². The molecule has 1 saturated heterocycles. The molecule has 0 N–H and O–H groups in total. The molecule has 1 amide bonds. The first-order chi connectivity index (χ1) is 13.0. The van der Waals surface area contributed by atoms with Gasteiger partial charge in [0.15, 0.2) is 0 Å². The van der Waals surface area contributed by atoms with Crippen LogP contribution in [0.3, 0.4) is 0 Å². The molecule has 1 aliphatic heterocycles. The van der Waals surface area contributed by atoms with E-state index >= 15 is 0 Å². The number of methoxy groups -OCH3 is 1. The first-order valence-electron chi connectivity index (χ1n) is 9.80. The highest BCUT2D eigenvalue weighted by atomic mass is 19.1. The minimum Gasteiger partial charge on any atom is -0.468 e. The minimum atomic E-state index is -0.544. The van der Waals surface area contributed by atoms with Crippen LogP contribution in [0, 0.1) is 17.7 Å². The Morgan fingerprint density at radius 1 is 1.30 bits per heavy atom. The molecule has 5 nitrogen and oxygen atoms in total. The number of benzene rings is 1. The Bertz CT molecular complexity index is 692. The monoisotopic (exact) mass is 376 g/mol. The molecule has 1 heterocycles. The van der Waals surface area contributed by atoms with Gasteiger partial charge in [-0.05, 0) is 44.7 Å². The summed E-state index contributed by atoms with van der Waals surface area (Å²) in [6.45, 7) is 3.52.